The summed E-state index contributed by atoms with van der Waals surface area (Å²) in [5.41, 5.74) is 0.164. The number of imidazole rings is 1. The Kier molecular flexibility index (Phi) is 9.09. The number of H-pyrrole nitrogens is 1. The molecule has 12 heteroatoms. The van der Waals surface area contributed by atoms with Gasteiger partial charge in [-0.15, -0.1) is 0 Å². The SMILES string of the molecule is O=C(NC1CCC(C(=O)Nc2cc(F)c(F)cc2Cl)CC1)c1nc[nH]c1C(=O)NCCN1CCCCC1. The summed E-state index contributed by atoms with van der Waals surface area (Å²) in [5.74, 6) is -3.72. The van der Waals surface area contributed by atoms with Crippen LogP contribution in [-0.2, 0) is 4.79 Å². The first-order valence-electron chi connectivity index (χ1n) is 12.6. The third-order valence-electron chi connectivity index (χ3n) is 6.94. The number of likely N-dealkylation sites (tertiary alicyclic amines) is 1. The molecule has 1 saturated heterocycles. The van der Waals surface area contributed by atoms with Gasteiger partial charge in [-0.3, -0.25) is 14.4 Å². The topological polar surface area (TPSA) is 119 Å². The number of amides is 3. The molecule has 2 aliphatic rings. The molecule has 200 valence electrons. The number of hydrogen-bond acceptors (Lipinski definition) is 5. The smallest absolute Gasteiger partial charge is 0.272 e. The van der Waals surface area contributed by atoms with Crippen LogP contribution in [0, 0.1) is 17.6 Å². The fourth-order valence-electron chi connectivity index (χ4n) is 4.85. The zero-order valence-electron chi connectivity index (χ0n) is 20.4. The third-order valence-corrected chi connectivity index (χ3v) is 7.26. The molecule has 1 aliphatic heterocycles. The zero-order valence-corrected chi connectivity index (χ0v) is 21.2. The van der Waals surface area contributed by atoms with E-state index in [0.717, 1.165) is 31.8 Å². The van der Waals surface area contributed by atoms with Crippen molar-refractivity contribution >= 4 is 35.0 Å². The van der Waals surface area contributed by atoms with E-state index in [1.807, 2.05) is 0 Å². The summed E-state index contributed by atoms with van der Waals surface area (Å²) >= 11 is 5.90. The Morgan fingerprint density at radius 3 is 2.46 bits per heavy atom. The molecular weight excluding hydrogens is 506 g/mol. The minimum atomic E-state index is -1.10. The molecule has 0 radical (unpaired) electrons. The Morgan fingerprint density at radius 1 is 1.03 bits per heavy atom. The van der Waals surface area contributed by atoms with Crippen LogP contribution in [0.1, 0.15) is 65.9 Å². The number of nitrogens with one attached hydrogen (secondary N) is 4. The fourth-order valence-corrected chi connectivity index (χ4v) is 5.04. The van der Waals surface area contributed by atoms with Gasteiger partial charge in [-0.05, 0) is 57.7 Å². The van der Waals surface area contributed by atoms with Crippen LogP contribution in [0.4, 0.5) is 14.5 Å². The van der Waals surface area contributed by atoms with Crippen molar-refractivity contribution in [3.63, 3.8) is 0 Å². The van der Waals surface area contributed by atoms with Crippen molar-refractivity contribution in [2.24, 2.45) is 5.92 Å². The van der Waals surface area contributed by atoms with Gasteiger partial charge >= 0.3 is 0 Å². The summed E-state index contributed by atoms with van der Waals surface area (Å²) in [4.78, 5) is 47.2. The lowest BCUT2D eigenvalue weighted by Crippen LogP contribution is -2.41. The van der Waals surface area contributed by atoms with Crippen molar-refractivity contribution in [3.05, 3.63) is 46.5 Å². The van der Waals surface area contributed by atoms with Crippen LogP contribution in [0.5, 0.6) is 0 Å². The Labute approximate surface area is 218 Å². The lowest BCUT2D eigenvalue weighted by molar-refractivity contribution is -0.120. The van der Waals surface area contributed by atoms with Gasteiger partial charge in [-0.25, -0.2) is 13.8 Å². The number of carbonyl (C=O) groups excluding carboxylic acids is 3. The van der Waals surface area contributed by atoms with E-state index < -0.39 is 17.5 Å². The Morgan fingerprint density at radius 2 is 1.73 bits per heavy atom. The summed E-state index contributed by atoms with van der Waals surface area (Å²) in [5, 5.41) is 8.22. The molecule has 1 saturated carbocycles. The average molecular weight is 537 g/mol. The monoisotopic (exact) mass is 536 g/mol. The highest BCUT2D eigenvalue weighted by molar-refractivity contribution is 6.33. The molecule has 0 spiro atoms. The molecule has 2 aromatic rings. The highest BCUT2D eigenvalue weighted by Crippen LogP contribution is 2.29. The first kappa shape index (κ1) is 27.0. The minimum absolute atomic E-state index is 0.0151. The lowest BCUT2D eigenvalue weighted by atomic mass is 9.85. The third kappa shape index (κ3) is 7.04. The number of piperidine rings is 1. The van der Waals surface area contributed by atoms with Crippen LogP contribution in [0.25, 0.3) is 0 Å². The van der Waals surface area contributed by atoms with Gasteiger partial charge in [0.1, 0.15) is 5.69 Å². The van der Waals surface area contributed by atoms with Gasteiger partial charge in [0.25, 0.3) is 11.8 Å². The first-order chi connectivity index (χ1) is 17.8. The summed E-state index contributed by atoms with van der Waals surface area (Å²) in [6, 6.07) is 1.49. The van der Waals surface area contributed by atoms with E-state index in [0.29, 0.717) is 32.2 Å². The summed E-state index contributed by atoms with van der Waals surface area (Å²) in [6.07, 6.45) is 6.97. The standard InChI is InChI=1S/C25H31ClF2N6O3/c26-17-12-18(27)19(28)13-20(17)33-23(35)15-4-6-16(7-5-15)32-25(37)22-21(30-14-31-22)24(36)29-8-11-34-9-2-1-3-10-34/h12-16H,1-11H2,(H,29,36)(H,30,31)(H,32,37)(H,33,35). The Bertz CT molecular complexity index is 1130. The van der Waals surface area contributed by atoms with Gasteiger partial charge in [0.05, 0.1) is 17.0 Å². The highest BCUT2D eigenvalue weighted by atomic mass is 35.5. The number of hydrogen-bond donors (Lipinski definition) is 4. The molecule has 1 aliphatic carbocycles. The number of halogens is 3. The minimum Gasteiger partial charge on any atom is -0.349 e. The molecule has 4 rings (SSSR count). The largest absolute Gasteiger partial charge is 0.349 e. The molecule has 3 amide bonds. The van der Waals surface area contributed by atoms with Gasteiger partial charge in [0.15, 0.2) is 17.3 Å². The van der Waals surface area contributed by atoms with Crippen LogP contribution >= 0.6 is 11.6 Å². The maximum absolute atomic E-state index is 13.5. The van der Waals surface area contributed by atoms with E-state index in [9.17, 15) is 23.2 Å². The van der Waals surface area contributed by atoms with E-state index in [-0.39, 0.29) is 45.9 Å². The number of rotatable bonds is 8. The van der Waals surface area contributed by atoms with E-state index >= 15 is 0 Å². The maximum atomic E-state index is 13.5. The Balaban J connectivity index is 1.23. The molecule has 4 N–H and O–H groups in total. The van der Waals surface area contributed by atoms with Crippen LogP contribution < -0.4 is 16.0 Å². The van der Waals surface area contributed by atoms with Crippen LogP contribution in [0.15, 0.2) is 18.5 Å². The fraction of sp³-hybridized carbons (Fsp3) is 0.520. The molecule has 37 heavy (non-hydrogen) atoms. The van der Waals surface area contributed by atoms with E-state index in [2.05, 4.69) is 30.8 Å². The first-order valence-corrected chi connectivity index (χ1v) is 13.0. The molecule has 0 atom stereocenters. The zero-order chi connectivity index (χ0) is 26.4. The molecule has 0 bridgehead atoms. The van der Waals surface area contributed by atoms with Gasteiger partial charge in [0.2, 0.25) is 5.91 Å². The Hall–Kier alpha value is -3.05. The summed E-state index contributed by atoms with van der Waals surface area (Å²) < 4.78 is 26.8. The summed E-state index contributed by atoms with van der Waals surface area (Å²) in [7, 11) is 0. The summed E-state index contributed by atoms with van der Waals surface area (Å²) in [6.45, 7) is 3.33. The number of anilines is 1. The molecule has 2 fully saturated rings. The van der Waals surface area contributed by atoms with Gasteiger partial charge in [-0.2, -0.15) is 0 Å². The van der Waals surface area contributed by atoms with Gasteiger partial charge in [-0.1, -0.05) is 18.0 Å². The number of nitrogens with zero attached hydrogens (tertiary/aromatic N) is 2. The van der Waals surface area contributed by atoms with Crippen LogP contribution in [0.3, 0.4) is 0 Å². The molecular formula is C25H31ClF2N6O3. The van der Waals surface area contributed by atoms with Gasteiger partial charge in [0, 0.05) is 31.1 Å². The normalized spacial score (nSPS) is 20.3. The number of aromatic nitrogens is 2. The van der Waals surface area contributed by atoms with Crippen molar-refractivity contribution in [2.45, 2.75) is 51.0 Å². The maximum Gasteiger partial charge on any atom is 0.272 e. The van der Waals surface area contributed by atoms with Crippen LogP contribution in [-0.4, -0.2) is 64.8 Å². The predicted octanol–water partition coefficient (Wildman–Crippen LogP) is 3.48. The molecule has 1 aromatic heterocycles. The predicted molar refractivity (Wildman–Crippen MR) is 134 cm³/mol. The van der Waals surface area contributed by atoms with Crippen molar-refractivity contribution in [1.82, 2.24) is 25.5 Å². The number of benzene rings is 1. The molecule has 1 aromatic carbocycles. The van der Waals surface area contributed by atoms with Crippen molar-refractivity contribution in [3.8, 4) is 0 Å². The molecule has 9 nitrogen and oxygen atoms in total. The van der Waals surface area contributed by atoms with Crippen molar-refractivity contribution in [2.75, 3.05) is 31.5 Å². The quantitative estimate of drug-likeness (QED) is 0.385. The van der Waals surface area contributed by atoms with E-state index in [1.54, 1.807) is 0 Å². The molecule has 2 heterocycles. The second-order valence-corrected chi connectivity index (χ2v) is 9.95. The highest BCUT2D eigenvalue weighted by Gasteiger charge is 2.29. The number of carbonyl (C=O) groups is 3. The van der Waals surface area contributed by atoms with Crippen molar-refractivity contribution < 1.29 is 23.2 Å². The van der Waals surface area contributed by atoms with Crippen molar-refractivity contribution in [1.29, 1.82) is 0 Å². The second kappa shape index (κ2) is 12.5. The van der Waals surface area contributed by atoms with Crippen LogP contribution in [0.2, 0.25) is 5.02 Å². The average Bonchev–Trinajstić information content (AvgIpc) is 3.39. The lowest BCUT2D eigenvalue weighted by Gasteiger charge is -2.28. The van der Waals surface area contributed by atoms with E-state index in [4.69, 9.17) is 11.6 Å². The van der Waals surface area contributed by atoms with E-state index in [1.165, 1.54) is 25.6 Å². The second-order valence-electron chi connectivity index (χ2n) is 9.54. The van der Waals surface area contributed by atoms with Gasteiger partial charge < -0.3 is 25.8 Å². The molecule has 0 unspecified atom stereocenters. The number of aromatic amines is 1.